The van der Waals surface area contributed by atoms with Gasteiger partial charge in [-0.05, 0) is 25.1 Å². The van der Waals surface area contributed by atoms with Crippen molar-refractivity contribution in [1.29, 1.82) is 0 Å². The van der Waals surface area contributed by atoms with Gasteiger partial charge in [-0.15, -0.1) is 11.3 Å². The molecule has 0 bridgehead atoms. The molecular formula is C11H10ClFN2S. The van der Waals surface area contributed by atoms with Gasteiger partial charge in [0, 0.05) is 16.1 Å². The molecule has 0 amide bonds. The highest BCUT2D eigenvalue weighted by atomic mass is 35.5. The lowest BCUT2D eigenvalue weighted by molar-refractivity contribution is 0.628. The molecule has 1 aromatic carbocycles. The van der Waals surface area contributed by atoms with E-state index in [9.17, 15) is 4.39 Å². The van der Waals surface area contributed by atoms with Crippen molar-refractivity contribution in [3.05, 3.63) is 45.6 Å². The van der Waals surface area contributed by atoms with Gasteiger partial charge in [-0.2, -0.15) is 0 Å². The first-order chi connectivity index (χ1) is 7.65. The summed E-state index contributed by atoms with van der Waals surface area (Å²) < 4.78 is 13.1. The predicted molar refractivity (Wildman–Crippen MR) is 65.6 cm³/mol. The van der Waals surface area contributed by atoms with E-state index >= 15 is 0 Å². The molecule has 1 heterocycles. The molecule has 0 aliphatic rings. The van der Waals surface area contributed by atoms with Crippen LogP contribution in [0.15, 0.2) is 29.1 Å². The third-order valence-electron chi connectivity index (χ3n) is 2.14. The number of halogens is 2. The van der Waals surface area contributed by atoms with Crippen LogP contribution in [0.1, 0.15) is 18.7 Å². The smallest absolute Gasteiger partial charge is 0.126 e. The third-order valence-corrected chi connectivity index (χ3v) is 2.96. The van der Waals surface area contributed by atoms with Crippen LogP contribution in [0.5, 0.6) is 0 Å². The molecule has 0 spiro atoms. The van der Waals surface area contributed by atoms with Crippen LogP contribution >= 0.6 is 22.9 Å². The summed E-state index contributed by atoms with van der Waals surface area (Å²) in [6, 6.07) is 4.41. The van der Waals surface area contributed by atoms with Crippen LogP contribution in [-0.2, 0) is 0 Å². The normalized spacial score (nSPS) is 12.4. The predicted octanol–water partition coefficient (Wildman–Crippen LogP) is 4.11. The summed E-state index contributed by atoms with van der Waals surface area (Å²) in [7, 11) is 0. The summed E-state index contributed by atoms with van der Waals surface area (Å²) in [4.78, 5) is 4.19. The molecule has 0 fully saturated rings. The van der Waals surface area contributed by atoms with Gasteiger partial charge in [0.2, 0.25) is 0 Å². The molecule has 0 aliphatic heterocycles. The molecule has 1 atom stereocenters. The molecule has 2 nitrogen and oxygen atoms in total. The minimum atomic E-state index is -0.347. The van der Waals surface area contributed by atoms with E-state index in [1.54, 1.807) is 11.6 Å². The Balaban J connectivity index is 2.15. The van der Waals surface area contributed by atoms with E-state index in [-0.39, 0.29) is 11.9 Å². The fourth-order valence-corrected chi connectivity index (χ4v) is 2.27. The molecular weight excluding hydrogens is 247 g/mol. The van der Waals surface area contributed by atoms with Crippen molar-refractivity contribution in [2.75, 3.05) is 5.32 Å². The van der Waals surface area contributed by atoms with E-state index in [1.807, 2.05) is 12.3 Å². The topological polar surface area (TPSA) is 24.9 Å². The van der Waals surface area contributed by atoms with E-state index < -0.39 is 0 Å². The third kappa shape index (κ3) is 2.71. The Bertz CT molecular complexity index is 453. The SMILES string of the molecule is CC(Nc1cc(F)cc(Cl)c1)c1cscn1. The van der Waals surface area contributed by atoms with Crippen LogP contribution in [0.3, 0.4) is 0 Å². The van der Waals surface area contributed by atoms with E-state index in [0.29, 0.717) is 10.7 Å². The second kappa shape index (κ2) is 4.80. The van der Waals surface area contributed by atoms with Gasteiger partial charge in [0.05, 0.1) is 17.2 Å². The summed E-state index contributed by atoms with van der Waals surface area (Å²) in [5, 5.41) is 5.48. The summed E-state index contributed by atoms with van der Waals surface area (Å²) in [6.07, 6.45) is 0. The Kier molecular flexibility index (Phi) is 3.41. The van der Waals surface area contributed by atoms with Crippen molar-refractivity contribution in [3.63, 3.8) is 0 Å². The fourth-order valence-electron chi connectivity index (χ4n) is 1.40. The van der Waals surface area contributed by atoms with Crippen LogP contribution in [0, 0.1) is 5.82 Å². The number of benzene rings is 1. The van der Waals surface area contributed by atoms with Crippen LogP contribution in [0.25, 0.3) is 0 Å². The van der Waals surface area contributed by atoms with Gasteiger partial charge in [-0.25, -0.2) is 9.37 Å². The lowest BCUT2D eigenvalue weighted by atomic mass is 10.2. The molecule has 84 valence electrons. The highest BCUT2D eigenvalue weighted by Crippen LogP contribution is 2.23. The number of hydrogen-bond acceptors (Lipinski definition) is 3. The lowest BCUT2D eigenvalue weighted by Gasteiger charge is -2.13. The maximum Gasteiger partial charge on any atom is 0.126 e. The monoisotopic (exact) mass is 256 g/mol. The van der Waals surface area contributed by atoms with Crippen LogP contribution in [-0.4, -0.2) is 4.98 Å². The molecule has 2 rings (SSSR count). The zero-order valence-corrected chi connectivity index (χ0v) is 10.1. The largest absolute Gasteiger partial charge is 0.377 e. The van der Waals surface area contributed by atoms with Gasteiger partial charge < -0.3 is 5.32 Å². The van der Waals surface area contributed by atoms with Crippen LogP contribution in [0.2, 0.25) is 5.02 Å². The number of thiazole rings is 1. The number of anilines is 1. The molecule has 2 aromatic rings. The molecule has 0 radical (unpaired) electrons. The number of nitrogens with one attached hydrogen (secondary N) is 1. The second-order valence-electron chi connectivity index (χ2n) is 3.44. The average molecular weight is 257 g/mol. The summed E-state index contributed by atoms with van der Waals surface area (Å²) in [5.41, 5.74) is 3.36. The molecule has 1 aromatic heterocycles. The standard InChI is InChI=1S/C11H10ClFN2S/c1-7(11-5-16-6-14-11)15-10-3-8(12)2-9(13)4-10/h2-7,15H,1H3. The van der Waals surface area contributed by atoms with E-state index in [1.165, 1.54) is 23.5 Å². The molecule has 5 heteroatoms. The Morgan fingerprint density at radius 1 is 1.44 bits per heavy atom. The summed E-state index contributed by atoms with van der Waals surface area (Å²) >= 11 is 7.30. The van der Waals surface area contributed by atoms with Crippen molar-refractivity contribution in [1.82, 2.24) is 4.98 Å². The number of nitrogens with zero attached hydrogens (tertiary/aromatic N) is 1. The maximum absolute atomic E-state index is 13.1. The summed E-state index contributed by atoms with van der Waals surface area (Å²) in [5.74, 6) is -0.347. The molecule has 0 saturated carbocycles. The Labute approximate surface area is 102 Å². The van der Waals surface area contributed by atoms with E-state index in [0.717, 1.165) is 5.69 Å². The van der Waals surface area contributed by atoms with Crippen molar-refractivity contribution >= 4 is 28.6 Å². The number of rotatable bonds is 3. The van der Waals surface area contributed by atoms with Gasteiger partial charge in [0.15, 0.2) is 0 Å². The van der Waals surface area contributed by atoms with Crippen molar-refractivity contribution in [2.45, 2.75) is 13.0 Å². The Morgan fingerprint density at radius 2 is 2.25 bits per heavy atom. The second-order valence-corrected chi connectivity index (χ2v) is 4.59. The minimum absolute atomic E-state index is 0.0316. The van der Waals surface area contributed by atoms with E-state index in [2.05, 4.69) is 10.3 Å². The first-order valence-corrected chi connectivity index (χ1v) is 6.08. The van der Waals surface area contributed by atoms with Gasteiger partial charge in [0.25, 0.3) is 0 Å². The lowest BCUT2D eigenvalue weighted by Crippen LogP contribution is -2.06. The van der Waals surface area contributed by atoms with Gasteiger partial charge in [-0.1, -0.05) is 11.6 Å². The minimum Gasteiger partial charge on any atom is -0.377 e. The number of hydrogen-bond donors (Lipinski definition) is 1. The first kappa shape index (κ1) is 11.4. The quantitative estimate of drug-likeness (QED) is 0.894. The van der Waals surface area contributed by atoms with E-state index in [4.69, 9.17) is 11.6 Å². The highest BCUT2D eigenvalue weighted by Gasteiger charge is 2.08. The zero-order valence-electron chi connectivity index (χ0n) is 8.58. The molecule has 16 heavy (non-hydrogen) atoms. The Hall–Kier alpha value is -1.13. The Morgan fingerprint density at radius 3 is 2.88 bits per heavy atom. The average Bonchev–Trinajstić information content (AvgIpc) is 2.68. The zero-order chi connectivity index (χ0) is 11.5. The van der Waals surface area contributed by atoms with Crippen LogP contribution in [0.4, 0.5) is 10.1 Å². The molecule has 1 unspecified atom stereocenters. The maximum atomic E-state index is 13.1. The fraction of sp³-hybridized carbons (Fsp3) is 0.182. The van der Waals surface area contributed by atoms with Crippen LogP contribution < -0.4 is 5.32 Å². The molecule has 0 aliphatic carbocycles. The molecule has 1 N–H and O–H groups in total. The summed E-state index contributed by atoms with van der Waals surface area (Å²) in [6.45, 7) is 1.97. The number of aromatic nitrogens is 1. The first-order valence-electron chi connectivity index (χ1n) is 4.76. The van der Waals surface area contributed by atoms with Crippen molar-refractivity contribution in [2.24, 2.45) is 0 Å². The van der Waals surface area contributed by atoms with Gasteiger partial charge in [-0.3, -0.25) is 0 Å². The van der Waals surface area contributed by atoms with Gasteiger partial charge >= 0.3 is 0 Å². The highest BCUT2D eigenvalue weighted by molar-refractivity contribution is 7.07. The van der Waals surface area contributed by atoms with Gasteiger partial charge in [0.1, 0.15) is 5.82 Å². The molecule has 0 saturated heterocycles. The van der Waals surface area contributed by atoms with Crippen molar-refractivity contribution in [3.8, 4) is 0 Å². The van der Waals surface area contributed by atoms with Crippen molar-refractivity contribution < 1.29 is 4.39 Å².